The van der Waals surface area contributed by atoms with Crippen LogP contribution < -0.4 is 0 Å². The summed E-state index contributed by atoms with van der Waals surface area (Å²) >= 11 is 1.43. The Morgan fingerprint density at radius 1 is 1.58 bits per heavy atom. The minimum Gasteiger partial charge on any atom is -0.480 e. The lowest BCUT2D eigenvalue weighted by Crippen LogP contribution is -2.42. The summed E-state index contributed by atoms with van der Waals surface area (Å²) < 4.78 is 30.4. The standard InChI is InChI=1S/C11H17NO5S2/c1-9(11(13)14)19(15,16)12(5-6-17-2)8-10-4-3-7-18-10/h3-4,7,9H,5-6,8H2,1-2H3,(H,13,14). The predicted molar refractivity (Wildman–Crippen MR) is 72.6 cm³/mol. The molecule has 1 aromatic heterocycles. The van der Waals surface area contributed by atoms with Crippen molar-refractivity contribution in [3.8, 4) is 0 Å². The van der Waals surface area contributed by atoms with Crippen LogP contribution in [0.3, 0.4) is 0 Å². The van der Waals surface area contributed by atoms with Gasteiger partial charge in [-0.05, 0) is 18.4 Å². The number of aliphatic carboxylic acids is 1. The number of rotatable bonds is 8. The van der Waals surface area contributed by atoms with Gasteiger partial charge in [0, 0.05) is 25.1 Å². The summed E-state index contributed by atoms with van der Waals surface area (Å²) in [4.78, 5) is 11.8. The van der Waals surface area contributed by atoms with E-state index in [9.17, 15) is 13.2 Å². The van der Waals surface area contributed by atoms with Gasteiger partial charge < -0.3 is 9.84 Å². The number of thiophene rings is 1. The highest BCUT2D eigenvalue weighted by Crippen LogP contribution is 2.17. The van der Waals surface area contributed by atoms with Crippen LogP contribution in [0.4, 0.5) is 0 Å². The molecule has 0 saturated heterocycles. The van der Waals surface area contributed by atoms with Gasteiger partial charge in [-0.15, -0.1) is 11.3 Å². The molecular formula is C11H17NO5S2. The predicted octanol–water partition coefficient (Wildman–Crippen LogP) is 0.999. The smallest absolute Gasteiger partial charge is 0.323 e. The summed E-state index contributed by atoms with van der Waals surface area (Å²) in [6, 6.07) is 3.63. The van der Waals surface area contributed by atoms with E-state index in [-0.39, 0.29) is 19.7 Å². The first-order chi connectivity index (χ1) is 8.89. The number of ether oxygens (including phenoxy) is 1. The minimum atomic E-state index is -3.89. The molecule has 0 bridgehead atoms. The molecule has 1 atom stereocenters. The summed E-state index contributed by atoms with van der Waals surface area (Å²) in [5.74, 6) is -1.35. The van der Waals surface area contributed by atoms with E-state index in [1.54, 1.807) is 0 Å². The van der Waals surface area contributed by atoms with Crippen molar-refractivity contribution < 1.29 is 23.1 Å². The molecule has 0 aliphatic carbocycles. The van der Waals surface area contributed by atoms with Gasteiger partial charge in [0.25, 0.3) is 0 Å². The molecule has 0 aliphatic heterocycles. The van der Waals surface area contributed by atoms with Gasteiger partial charge in [-0.3, -0.25) is 4.79 Å². The summed E-state index contributed by atoms with van der Waals surface area (Å²) in [5.41, 5.74) is 0. The molecule has 0 aliphatic rings. The molecule has 0 spiro atoms. The summed E-state index contributed by atoms with van der Waals surface area (Å²) in [7, 11) is -2.42. The van der Waals surface area contributed by atoms with Crippen LogP contribution in [0.1, 0.15) is 11.8 Å². The SMILES string of the molecule is COCCN(Cc1cccs1)S(=O)(=O)C(C)C(=O)O. The Morgan fingerprint density at radius 2 is 2.26 bits per heavy atom. The number of nitrogens with zero attached hydrogens (tertiary/aromatic N) is 1. The number of hydrogen-bond acceptors (Lipinski definition) is 5. The Kier molecular flexibility index (Phi) is 5.92. The van der Waals surface area contributed by atoms with Crippen LogP contribution in [0.15, 0.2) is 17.5 Å². The first-order valence-electron chi connectivity index (χ1n) is 5.62. The maximum absolute atomic E-state index is 12.2. The monoisotopic (exact) mass is 307 g/mol. The van der Waals surface area contributed by atoms with Crippen molar-refractivity contribution >= 4 is 27.3 Å². The summed E-state index contributed by atoms with van der Waals surface area (Å²) in [5, 5.41) is 9.26. The molecule has 0 saturated carbocycles. The number of carbonyl (C=O) groups is 1. The molecule has 6 nitrogen and oxygen atoms in total. The van der Waals surface area contributed by atoms with E-state index >= 15 is 0 Å². The molecule has 1 unspecified atom stereocenters. The van der Waals surface area contributed by atoms with Crippen molar-refractivity contribution in [2.45, 2.75) is 18.7 Å². The van der Waals surface area contributed by atoms with E-state index in [4.69, 9.17) is 9.84 Å². The zero-order chi connectivity index (χ0) is 14.5. The van der Waals surface area contributed by atoms with Gasteiger partial charge in [0.05, 0.1) is 6.61 Å². The molecule has 0 aromatic carbocycles. The minimum absolute atomic E-state index is 0.133. The molecule has 1 aromatic rings. The number of hydrogen-bond donors (Lipinski definition) is 1. The second-order valence-corrected chi connectivity index (χ2v) is 7.22. The van der Waals surface area contributed by atoms with Crippen molar-refractivity contribution in [2.75, 3.05) is 20.3 Å². The lowest BCUT2D eigenvalue weighted by molar-refractivity contribution is -0.136. The second kappa shape index (κ2) is 6.99. The van der Waals surface area contributed by atoms with Crippen molar-refractivity contribution in [1.29, 1.82) is 0 Å². The van der Waals surface area contributed by atoms with Crippen LogP contribution in [0, 0.1) is 0 Å². The van der Waals surface area contributed by atoms with Crippen molar-refractivity contribution in [2.24, 2.45) is 0 Å². The Balaban J connectivity index is 2.92. The van der Waals surface area contributed by atoms with Crippen molar-refractivity contribution in [1.82, 2.24) is 4.31 Å². The quantitative estimate of drug-likeness (QED) is 0.774. The average molecular weight is 307 g/mol. The largest absolute Gasteiger partial charge is 0.480 e. The zero-order valence-electron chi connectivity index (χ0n) is 10.8. The topological polar surface area (TPSA) is 83.9 Å². The van der Waals surface area contributed by atoms with E-state index in [2.05, 4.69) is 0 Å². The molecule has 1 rings (SSSR count). The van der Waals surface area contributed by atoms with E-state index in [1.165, 1.54) is 25.4 Å². The molecule has 0 fully saturated rings. The van der Waals surface area contributed by atoms with Crippen LogP contribution in [-0.2, 0) is 26.1 Å². The van der Waals surface area contributed by atoms with Gasteiger partial charge >= 0.3 is 5.97 Å². The Labute approximate surface area is 116 Å². The van der Waals surface area contributed by atoms with Crippen LogP contribution in [0.25, 0.3) is 0 Å². The molecule has 108 valence electrons. The molecule has 0 radical (unpaired) electrons. The highest BCUT2D eigenvalue weighted by molar-refractivity contribution is 7.90. The fourth-order valence-corrected chi connectivity index (χ4v) is 3.57. The maximum Gasteiger partial charge on any atom is 0.323 e. The van der Waals surface area contributed by atoms with E-state index in [1.807, 2.05) is 17.5 Å². The lowest BCUT2D eigenvalue weighted by atomic mass is 10.4. The van der Waals surface area contributed by atoms with Gasteiger partial charge in [-0.1, -0.05) is 6.07 Å². The third-order valence-corrected chi connectivity index (χ3v) is 5.60. The Hall–Kier alpha value is -0.960. The lowest BCUT2D eigenvalue weighted by Gasteiger charge is -2.23. The Bertz CT molecular complexity index is 497. The number of carboxylic acids is 1. The third kappa shape index (κ3) is 4.27. The number of carboxylic acid groups (broad SMARTS) is 1. The molecule has 0 amide bonds. The van der Waals surface area contributed by atoms with E-state index in [0.29, 0.717) is 0 Å². The number of sulfonamides is 1. The van der Waals surface area contributed by atoms with Crippen molar-refractivity contribution in [3.05, 3.63) is 22.4 Å². The van der Waals surface area contributed by atoms with Gasteiger partial charge in [0.15, 0.2) is 5.25 Å². The summed E-state index contributed by atoms with van der Waals surface area (Å²) in [6.07, 6.45) is 0. The number of methoxy groups -OCH3 is 1. The van der Waals surface area contributed by atoms with Gasteiger partial charge in [0.2, 0.25) is 10.0 Å². The molecule has 1 heterocycles. The van der Waals surface area contributed by atoms with E-state index in [0.717, 1.165) is 9.18 Å². The maximum atomic E-state index is 12.2. The average Bonchev–Trinajstić information content (AvgIpc) is 2.85. The van der Waals surface area contributed by atoms with Crippen LogP contribution in [0.2, 0.25) is 0 Å². The summed E-state index contributed by atoms with van der Waals surface area (Å²) in [6.45, 7) is 1.69. The van der Waals surface area contributed by atoms with Gasteiger partial charge in [-0.2, -0.15) is 4.31 Å². The highest BCUT2D eigenvalue weighted by Gasteiger charge is 2.33. The third-order valence-electron chi connectivity index (χ3n) is 2.61. The normalized spacial score (nSPS) is 13.6. The van der Waals surface area contributed by atoms with E-state index < -0.39 is 21.2 Å². The molecule has 19 heavy (non-hydrogen) atoms. The second-order valence-electron chi connectivity index (χ2n) is 3.93. The van der Waals surface area contributed by atoms with Crippen LogP contribution in [0.5, 0.6) is 0 Å². The first kappa shape index (κ1) is 16.1. The fourth-order valence-electron chi connectivity index (χ4n) is 1.42. The van der Waals surface area contributed by atoms with Crippen molar-refractivity contribution in [3.63, 3.8) is 0 Å². The molecule has 1 N–H and O–H groups in total. The fraction of sp³-hybridized carbons (Fsp3) is 0.545. The van der Waals surface area contributed by atoms with Gasteiger partial charge in [0.1, 0.15) is 0 Å². The highest BCUT2D eigenvalue weighted by atomic mass is 32.2. The zero-order valence-corrected chi connectivity index (χ0v) is 12.4. The van der Waals surface area contributed by atoms with Crippen LogP contribution in [-0.4, -0.2) is 49.3 Å². The van der Waals surface area contributed by atoms with Crippen LogP contribution >= 0.6 is 11.3 Å². The Morgan fingerprint density at radius 3 is 2.74 bits per heavy atom. The first-order valence-corrected chi connectivity index (χ1v) is 8.01. The molecular weight excluding hydrogens is 290 g/mol. The molecule has 8 heteroatoms. The van der Waals surface area contributed by atoms with Gasteiger partial charge in [-0.25, -0.2) is 8.42 Å².